The quantitative estimate of drug-likeness (QED) is 0.0629. The topological polar surface area (TPSA) is 175 Å². The van der Waals surface area contributed by atoms with E-state index in [9.17, 15) is 24.6 Å². The van der Waals surface area contributed by atoms with Crippen molar-refractivity contribution in [2.75, 3.05) is 20.3 Å². The number of amides is 1. The van der Waals surface area contributed by atoms with Crippen LogP contribution in [-0.2, 0) is 20.3 Å². The third-order valence-corrected chi connectivity index (χ3v) is 9.67. The molecule has 0 aromatic heterocycles. The van der Waals surface area contributed by atoms with Crippen LogP contribution in [0.3, 0.4) is 0 Å². The van der Waals surface area contributed by atoms with Crippen LogP contribution >= 0.6 is 20.0 Å². The number of carboxylic acid groups (broad SMARTS) is 1. The maximum Gasteiger partial charge on any atom is 0.336 e. The molecule has 2 aliphatic rings. The number of carbonyl (C=O) groups is 2. The highest BCUT2D eigenvalue weighted by atomic mass is 35.5. The second-order valence-electron chi connectivity index (χ2n) is 11.0. The molecule has 12 heteroatoms. The Morgan fingerprint density at radius 1 is 1.02 bits per heavy atom. The van der Waals surface area contributed by atoms with E-state index in [0.717, 1.165) is 18.1 Å². The van der Waals surface area contributed by atoms with Gasteiger partial charge in [0, 0.05) is 58.1 Å². The van der Waals surface area contributed by atoms with Crippen molar-refractivity contribution < 1.29 is 33.3 Å². The van der Waals surface area contributed by atoms with Gasteiger partial charge in [0.25, 0.3) is 0 Å². The summed E-state index contributed by atoms with van der Waals surface area (Å²) in [5.41, 5.74) is 13.9. The molecular weight excluding hydrogens is 643 g/mol. The number of phenolic OH excluding ortho intramolecular Hbond substituents is 1. The largest absolute Gasteiger partial charge is 0.507 e. The minimum absolute atomic E-state index is 0.0254. The van der Waals surface area contributed by atoms with Gasteiger partial charge in [-0.1, -0.05) is 35.9 Å². The summed E-state index contributed by atoms with van der Waals surface area (Å²) in [5, 5.41) is 22.5. The molecule has 1 aliphatic carbocycles. The van der Waals surface area contributed by atoms with Gasteiger partial charge >= 0.3 is 5.97 Å². The summed E-state index contributed by atoms with van der Waals surface area (Å²) < 4.78 is 17.7. The van der Waals surface area contributed by atoms with Crippen molar-refractivity contribution in [1.29, 1.82) is 0 Å². The summed E-state index contributed by atoms with van der Waals surface area (Å²) in [6, 6.07) is 17.1. The predicted octanol–water partition coefficient (Wildman–Crippen LogP) is 6.35. The molecule has 1 heterocycles. The van der Waals surface area contributed by atoms with E-state index in [1.165, 1.54) is 12.1 Å². The molecule has 0 bridgehead atoms. The molecule has 0 radical (unpaired) electrons. The molecular formula is C35H34ClN2O8P. The van der Waals surface area contributed by atoms with E-state index in [1.54, 1.807) is 38.3 Å². The summed E-state index contributed by atoms with van der Waals surface area (Å²) in [6.07, 6.45) is 1.63. The van der Waals surface area contributed by atoms with Crippen molar-refractivity contribution in [3.05, 3.63) is 92.6 Å². The van der Waals surface area contributed by atoms with Crippen LogP contribution in [0.4, 0.5) is 0 Å². The van der Waals surface area contributed by atoms with E-state index in [4.69, 9.17) is 36.5 Å². The molecule has 5 rings (SSSR count). The fourth-order valence-electron chi connectivity index (χ4n) is 5.57. The maximum absolute atomic E-state index is 13.2. The number of carboxylic acids is 1. The van der Waals surface area contributed by atoms with Gasteiger partial charge in [-0.2, -0.15) is 0 Å². The smallest absolute Gasteiger partial charge is 0.336 e. The van der Waals surface area contributed by atoms with Crippen LogP contribution in [0.1, 0.15) is 40.7 Å². The number of aromatic hydroxyl groups is 1. The van der Waals surface area contributed by atoms with Crippen LogP contribution in [0, 0.1) is 6.92 Å². The first-order valence-corrected chi connectivity index (χ1v) is 16.4. The van der Waals surface area contributed by atoms with Gasteiger partial charge in [-0.15, -0.1) is 0 Å². The Morgan fingerprint density at radius 3 is 2.43 bits per heavy atom. The number of hydrogen-bond acceptors (Lipinski definition) is 8. The van der Waals surface area contributed by atoms with Crippen molar-refractivity contribution in [2.24, 2.45) is 11.5 Å². The number of hydrogen-bond donors (Lipinski definition) is 4. The summed E-state index contributed by atoms with van der Waals surface area (Å²) in [7, 11) is 0.275. The van der Waals surface area contributed by atoms with Gasteiger partial charge in [0.2, 0.25) is 19.7 Å². The number of primary amides is 1. The van der Waals surface area contributed by atoms with Crippen molar-refractivity contribution in [3.63, 3.8) is 0 Å². The average Bonchev–Trinajstić information content (AvgIpc) is 3.05. The lowest BCUT2D eigenvalue weighted by atomic mass is 9.86. The van der Waals surface area contributed by atoms with Gasteiger partial charge in [0.05, 0.1) is 12.2 Å². The highest BCUT2D eigenvalue weighted by Crippen LogP contribution is 2.47. The second-order valence-corrected chi connectivity index (χ2v) is 13.0. The Balaban J connectivity index is 1.75. The fourth-order valence-corrected chi connectivity index (χ4v) is 6.98. The zero-order valence-electron chi connectivity index (χ0n) is 25.8. The molecule has 1 unspecified atom stereocenters. The molecule has 0 fully saturated rings. The van der Waals surface area contributed by atoms with Crippen LogP contribution in [0.15, 0.2) is 69.9 Å². The molecule has 0 saturated heterocycles. The Kier molecular flexibility index (Phi) is 10.6. The lowest BCUT2D eigenvalue weighted by molar-refractivity contribution is -0.118. The van der Waals surface area contributed by atoms with Gasteiger partial charge < -0.3 is 35.1 Å². The van der Waals surface area contributed by atoms with Crippen molar-refractivity contribution >= 4 is 48.1 Å². The molecule has 0 spiro atoms. The van der Waals surface area contributed by atoms with Crippen molar-refractivity contribution in [2.45, 2.75) is 32.6 Å². The Hall–Kier alpha value is -4.31. The molecule has 0 saturated carbocycles. The zero-order valence-corrected chi connectivity index (χ0v) is 27.5. The molecule has 3 aromatic carbocycles. The summed E-state index contributed by atoms with van der Waals surface area (Å²) >= 11 is 6.59. The molecule has 1 amide bonds. The van der Waals surface area contributed by atoms with E-state index < -0.39 is 25.7 Å². The van der Waals surface area contributed by atoms with Crippen LogP contribution in [0.5, 0.6) is 5.75 Å². The standard InChI is InChI=1S/C35H34ClN2O8P/c1-19-6-5-7-23(35(42)43)30(19)31-25-17-24(20-8-11-22(12-9-20)47(44-2)45-15-4-3-14-37)27(39)18-28(25)46-34-26(31)16-21(10-13-29(38)40)33(41)32(34)36/h5-9,11-12,16-18,39H,3-4,10,13-15,37H2,1-2H3,(H2,38,40)(H,42,43). The highest BCUT2D eigenvalue weighted by molar-refractivity contribution is 7.55. The van der Waals surface area contributed by atoms with Crippen molar-refractivity contribution in [3.8, 4) is 39.3 Å². The number of fused-ring (bicyclic) bond motifs is 2. The van der Waals surface area contributed by atoms with Gasteiger partial charge in [-0.05, 0) is 74.2 Å². The maximum atomic E-state index is 13.2. The number of carbonyl (C=O) groups excluding carboxylic acids is 1. The van der Waals surface area contributed by atoms with Crippen molar-refractivity contribution in [1.82, 2.24) is 0 Å². The second kappa shape index (κ2) is 14.6. The predicted molar refractivity (Wildman–Crippen MR) is 184 cm³/mol. The number of benzene rings is 4. The number of phenols is 1. The summed E-state index contributed by atoms with van der Waals surface area (Å²) in [4.78, 5) is 37.3. The van der Waals surface area contributed by atoms with Gasteiger partial charge in [-0.25, -0.2) is 4.79 Å². The molecule has 1 aliphatic heterocycles. The number of unbranched alkanes of at least 4 members (excludes halogenated alkanes) is 1. The van der Waals surface area contributed by atoms with Gasteiger partial charge in [-0.3, -0.25) is 9.59 Å². The molecule has 47 heavy (non-hydrogen) atoms. The summed E-state index contributed by atoms with van der Waals surface area (Å²) in [5.74, 6) is -1.82. The number of rotatable bonds is 13. The zero-order chi connectivity index (χ0) is 33.8. The van der Waals surface area contributed by atoms with E-state index in [1.807, 2.05) is 24.3 Å². The Bertz CT molecular complexity index is 1990. The third-order valence-electron chi connectivity index (χ3n) is 7.86. The highest BCUT2D eigenvalue weighted by Gasteiger charge is 2.28. The van der Waals surface area contributed by atoms with Crippen LogP contribution in [-0.4, -0.2) is 42.4 Å². The fraction of sp³-hybridized carbons (Fsp3) is 0.229. The SMILES string of the molecule is COP(OCCCCN)c1ccc(-c2cc3c(-c4c(C)cccc4C(=O)O)c4cc(CCC(N)=O)c(=O)c(Cl)c-4oc3cc2O)cc1. The Labute approximate surface area is 277 Å². The van der Waals surface area contributed by atoms with Crippen LogP contribution < -0.4 is 22.2 Å². The molecule has 244 valence electrons. The molecule has 10 nitrogen and oxygen atoms in total. The van der Waals surface area contributed by atoms with E-state index in [-0.39, 0.29) is 46.1 Å². The normalized spacial score (nSPS) is 12.1. The molecule has 6 N–H and O–H groups in total. The van der Waals surface area contributed by atoms with Gasteiger partial charge in [0.15, 0.2) is 5.76 Å². The first-order valence-electron chi connectivity index (χ1n) is 14.9. The molecule has 1 atom stereocenters. The number of nitrogens with two attached hydrogens (primary N) is 2. The first-order chi connectivity index (χ1) is 22.5. The minimum atomic E-state index is -1.31. The van der Waals surface area contributed by atoms with E-state index in [2.05, 4.69) is 0 Å². The minimum Gasteiger partial charge on any atom is -0.507 e. The Morgan fingerprint density at radius 2 is 1.77 bits per heavy atom. The number of aryl methyl sites for hydroxylation is 2. The van der Waals surface area contributed by atoms with Crippen LogP contribution in [0.2, 0.25) is 5.02 Å². The average molecular weight is 677 g/mol. The lowest BCUT2D eigenvalue weighted by Gasteiger charge is -2.21. The van der Waals surface area contributed by atoms with E-state index in [0.29, 0.717) is 51.9 Å². The molecule has 3 aromatic rings. The monoisotopic (exact) mass is 676 g/mol. The lowest BCUT2D eigenvalue weighted by Crippen LogP contribution is -2.17. The number of aromatic carboxylic acids is 1. The first kappa shape index (κ1) is 34.0. The van der Waals surface area contributed by atoms with E-state index >= 15 is 0 Å². The summed E-state index contributed by atoms with van der Waals surface area (Å²) in [6.45, 7) is 2.89. The van der Waals surface area contributed by atoms with Crippen LogP contribution in [0.25, 0.3) is 44.5 Å². The third kappa shape index (κ3) is 7.02. The number of halogens is 1. The van der Waals surface area contributed by atoms with Gasteiger partial charge in [0.1, 0.15) is 16.4 Å².